The van der Waals surface area contributed by atoms with Gasteiger partial charge in [0.05, 0.1) is 4.92 Å². The van der Waals surface area contributed by atoms with E-state index in [1.165, 1.54) is 19.1 Å². The first-order valence-corrected chi connectivity index (χ1v) is 5.58. The van der Waals surface area contributed by atoms with Gasteiger partial charge in [0.15, 0.2) is 11.5 Å². The minimum Gasteiger partial charge on any atom is -0.502 e. The Labute approximate surface area is 109 Å². The molecule has 5 nitrogen and oxygen atoms in total. The number of nitrogens with zero attached hydrogens (tertiary/aromatic N) is 1. The molecule has 5 heteroatoms. The number of carbonyl (C=O) groups excluding carboxylic acids is 1. The van der Waals surface area contributed by atoms with Crippen LogP contribution in [0.5, 0.6) is 5.75 Å². The summed E-state index contributed by atoms with van der Waals surface area (Å²) in [6, 6.07) is 10.9. The number of benzene rings is 2. The van der Waals surface area contributed by atoms with Crippen molar-refractivity contribution in [3.8, 4) is 16.9 Å². The highest BCUT2D eigenvalue weighted by atomic mass is 16.6. The molecule has 0 amide bonds. The minimum atomic E-state index is -0.636. The normalized spacial score (nSPS) is 10.2. The molecule has 0 saturated heterocycles. The van der Waals surface area contributed by atoms with Crippen LogP contribution in [0.4, 0.5) is 5.69 Å². The Morgan fingerprint density at radius 3 is 2.21 bits per heavy atom. The van der Waals surface area contributed by atoms with Crippen molar-refractivity contribution in [2.24, 2.45) is 0 Å². The third-order valence-electron chi connectivity index (χ3n) is 2.80. The van der Waals surface area contributed by atoms with Crippen LogP contribution in [0.1, 0.15) is 17.3 Å². The van der Waals surface area contributed by atoms with Crippen molar-refractivity contribution in [1.82, 2.24) is 0 Å². The Bertz CT molecular complexity index is 647. The van der Waals surface area contributed by atoms with Gasteiger partial charge < -0.3 is 5.11 Å². The molecule has 1 N–H and O–H groups in total. The lowest BCUT2D eigenvalue weighted by Crippen LogP contribution is -1.92. The second-order valence-corrected chi connectivity index (χ2v) is 4.09. The molecule has 96 valence electrons. The number of phenolic OH excluding ortho intramolecular Hbond substituents is 1. The van der Waals surface area contributed by atoms with Crippen molar-refractivity contribution in [3.63, 3.8) is 0 Å². The summed E-state index contributed by atoms with van der Waals surface area (Å²) < 4.78 is 0. The molecule has 0 aliphatic rings. The van der Waals surface area contributed by atoms with E-state index in [0.29, 0.717) is 11.1 Å². The molecule has 0 atom stereocenters. The topological polar surface area (TPSA) is 80.4 Å². The maximum Gasteiger partial charge on any atom is 0.311 e. The summed E-state index contributed by atoms with van der Waals surface area (Å²) in [6.07, 6.45) is 0. The van der Waals surface area contributed by atoms with Crippen molar-refractivity contribution in [1.29, 1.82) is 0 Å². The van der Waals surface area contributed by atoms with Gasteiger partial charge in [-0.2, -0.15) is 0 Å². The highest BCUT2D eigenvalue weighted by Gasteiger charge is 2.14. The number of ketones is 1. The van der Waals surface area contributed by atoms with E-state index >= 15 is 0 Å². The third-order valence-corrected chi connectivity index (χ3v) is 2.80. The lowest BCUT2D eigenvalue weighted by molar-refractivity contribution is -0.385. The third kappa shape index (κ3) is 2.60. The van der Waals surface area contributed by atoms with Crippen molar-refractivity contribution in [2.45, 2.75) is 6.92 Å². The molecule has 0 heterocycles. The summed E-state index contributed by atoms with van der Waals surface area (Å²) in [7, 11) is 0. The summed E-state index contributed by atoms with van der Waals surface area (Å²) in [5, 5.41) is 20.1. The minimum absolute atomic E-state index is 0.0387. The molecule has 0 saturated carbocycles. The van der Waals surface area contributed by atoms with Crippen LogP contribution in [0.2, 0.25) is 0 Å². The van der Waals surface area contributed by atoms with Gasteiger partial charge in [0.1, 0.15) is 0 Å². The first kappa shape index (κ1) is 12.8. The quantitative estimate of drug-likeness (QED) is 0.520. The maximum absolute atomic E-state index is 11.2. The standard InChI is InChI=1S/C14H11NO4/c1-9(16)10-2-4-11(5-3-10)12-6-7-14(17)13(8-12)15(18)19/h2-8,17H,1H3. The van der Waals surface area contributed by atoms with E-state index in [-0.39, 0.29) is 17.2 Å². The Kier molecular flexibility index (Phi) is 3.29. The van der Waals surface area contributed by atoms with Crippen molar-refractivity contribution in [2.75, 3.05) is 0 Å². The molecule has 0 radical (unpaired) electrons. The summed E-state index contributed by atoms with van der Waals surface area (Å²) in [6.45, 7) is 1.47. The predicted molar refractivity (Wildman–Crippen MR) is 70.2 cm³/mol. The molecule has 0 bridgehead atoms. The second-order valence-electron chi connectivity index (χ2n) is 4.09. The van der Waals surface area contributed by atoms with Gasteiger partial charge in [-0.25, -0.2) is 0 Å². The van der Waals surface area contributed by atoms with Gasteiger partial charge in [-0.05, 0) is 24.1 Å². The Balaban J connectivity index is 2.44. The van der Waals surface area contributed by atoms with Gasteiger partial charge in [-0.3, -0.25) is 14.9 Å². The molecule has 0 aliphatic carbocycles. The fourth-order valence-corrected chi connectivity index (χ4v) is 1.75. The van der Waals surface area contributed by atoms with Gasteiger partial charge in [-0.1, -0.05) is 30.3 Å². The van der Waals surface area contributed by atoms with E-state index in [9.17, 15) is 20.0 Å². The number of hydrogen-bond donors (Lipinski definition) is 1. The fourth-order valence-electron chi connectivity index (χ4n) is 1.75. The largest absolute Gasteiger partial charge is 0.502 e. The molecular formula is C14H11NO4. The van der Waals surface area contributed by atoms with Gasteiger partial charge in [-0.15, -0.1) is 0 Å². The number of phenols is 1. The Morgan fingerprint density at radius 1 is 1.11 bits per heavy atom. The van der Waals surface area contributed by atoms with Crippen LogP contribution in [-0.2, 0) is 0 Å². The van der Waals surface area contributed by atoms with E-state index in [0.717, 1.165) is 5.56 Å². The lowest BCUT2D eigenvalue weighted by Gasteiger charge is -2.04. The van der Waals surface area contributed by atoms with Gasteiger partial charge in [0, 0.05) is 11.6 Å². The van der Waals surface area contributed by atoms with Crippen LogP contribution in [-0.4, -0.2) is 15.8 Å². The summed E-state index contributed by atoms with van der Waals surface area (Å²) >= 11 is 0. The number of nitro groups is 1. The van der Waals surface area contributed by atoms with Crippen molar-refractivity contribution < 1.29 is 14.8 Å². The van der Waals surface area contributed by atoms with Crippen LogP contribution in [0.3, 0.4) is 0 Å². The number of carbonyl (C=O) groups is 1. The molecule has 0 aliphatic heterocycles. The molecule has 0 unspecified atom stereocenters. The smallest absolute Gasteiger partial charge is 0.311 e. The van der Waals surface area contributed by atoms with Crippen molar-refractivity contribution >= 4 is 11.5 Å². The van der Waals surface area contributed by atoms with Gasteiger partial charge >= 0.3 is 5.69 Å². The lowest BCUT2D eigenvalue weighted by atomic mass is 10.0. The number of rotatable bonds is 3. The van der Waals surface area contributed by atoms with Crippen molar-refractivity contribution in [3.05, 3.63) is 58.1 Å². The van der Waals surface area contributed by atoms with E-state index in [4.69, 9.17) is 0 Å². The molecule has 2 aromatic rings. The molecule has 2 rings (SSSR count). The molecule has 0 fully saturated rings. The zero-order valence-corrected chi connectivity index (χ0v) is 10.2. The molecule has 0 aromatic heterocycles. The molecular weight excluding hydrogens is 246 g/mol. The first-order chi connectivity index (χ1) is 8.99. The number of Topliss-reactive ketones (excluding diaryl/α,β-unsaturated/α-hetero) is 1. The SMILES string of the molecule is CC(=O)c1ccc(-c2ccc(O)c([N+](=O)[O-])c2)cc1. The number of aromatic hydroxyl groups is 1. The summed E-state index contributed by atoms with van der Waals surface area (Å²) in [5.41, 5.74) is 1.60. The van der Waals surface area contributed by atoms with E-state index in [1.807, 2.05) is 0 Å². The average Bonchev–Trinajstić information content (AvgIpc) is 2.39. The fraction of sp³-hybridized carbons (Fsp3) is 0.0714. The Hall–Kier alpha value is -2.69. The van der Waals surface area contributed by atoms with Gasteiger partial charge in [0.25, 0.3) is 0 Å². The molecule has 0 spiro atoms. The second kappa shape index (κ2) is 4.89. The van der Waals surface area contributed by atoms with E-state index < -0.39 is 4.92 Å². The van der Waals surface area contributed by atoms with Crippen LogP contribution in [0.25, 0.3) is 11.1 Å². The number of hydrogen-bond acceptors (Lipinski definition) is 4. The highest BCUT2D eigenvalue weighted by Crippen LogP contribution is 2.31. The Morgan fingerprint density at radius 2 is 1.68 bits per heavy atom. The van der Waals surface area contributed by atoms with Crippen LogP contribution in [0.15, 0.2) is 42.5 Å². The maximum atomic E-state index is 11.2. The van der Waals surface area contributed by atoms with Crippen LogP contribution >= 0.6 is 0 Å². The predicted octanol–water partition coefficient (Wildman–Crippen LogP) is 3.17. The van der Waals surface area contributed by atoms with Crippen LogP contribution < -0.4 is 0 Å². The van der Waals surface area contributed by atoms with E-state index in [1.54, 1.807) is 30.3 Å². The number of nitro benzene ring substituents is 1. The van der Waals surface area contributed by atoms with Gasteiger partial charge in [0.2, 0.25) is 0 Å². The van der Waals surface area contributed by atoms with Crippen LogP contribution in [0, 0.1) is 10.1 Å². The average molecular weight is 257 g/mol. The molecule has 2 aromatic carbocycles. The highest BCUT2D eigenvalue weighted by molar-refractivity contribution is 5.94. The molecule has 19 heavy (non-hydrogen) atoms. The zero-order chi connectivity index (χ0) is 14.0. The first-order valence-electron chi connectivity index (χ1n) is 5.58. The monoisotopic (exact) mass is 257 g/mol. The van der Waals surface area contributed by atoms with E-state index in [2.05, 4.69) is 0 Å². The summed E-state index contributed by atoms with van der Waals surface area (Å²) in [5.74, 6) is -0.405. The summed E-state index contributed by atoms with van der Waals surface area (Å²) in [4.78, 5) is 21.3. The zero-order valence-electron chi connectivity index (χ0n) is 10.2.